The third-order valence-corrected chi connectivity index (χ3v) is 11.2. The van der Waals surface area contributed by atoms with Crippen molar-refractivity contribution in [3.05, 3.63) is 10.4 Å². The van der Waals surface area contributed by atoms with Crippen molar-refractivity contribution in [2.24, 2.45) is 22.9 Å². The Morgan fingerprint density at radius 2 is 1.75 bits per heavy atom. The molecule has 3 aliphatic heterocycles. The highest BCUT2D eigenvalue weighted by atomic mass is 19.1. The van der Waals surface area contributed by atoms with E-state index in [2.05, 4.69) is 10.0 Å². The fraction of sp³-hybridized carbons (Fsp3) is 0.886. The second-order valence-electron chi connectivity index (χ2n) is 15.3. The van der Waals surface area contributed by atoms with Crippen LogP contribution in [0.4, 0.5) is 9.18 Å². The molecule has 3 aliphatic rings. The van der Waals surface area contributed by atoms with Gasteiger partial charge in [-0.2, -0.15) is 0 Å². The van der Waals surface area contributed by atoms with E-state index in [0.717, 1.165) is 6.92 Å². The number of nitrogens with zero attached hydrogens (tertiary/aromatic N) is 5. The minimum absolute atomic E-state index is 0.0144. The lowest BCUT2D eigenvalue weighted by Gasteiger charge is -2.47. The highest BCUT2D eigenvalue weighted by Gasteiger charge is 2.61. The number of azide groups is 1. The molecular weight excluding hydrogens is 669 g/mol. The molecule has 290 valence electrons. The number of fused-ring (bicyclic) bond motifs is 1. The van der Waals surface area contributed by atoms with E-state index in [1.807, 2.05) is 25.9 Å². The molecule has 0 bridgehead atoms. The molecule has 0 radical (unpaired) electrons. The van der Waals surface area contributed by atoms with Gasteiger partial charge in [0.2, 0.25) is 0 Å². The average molecular weight is 728 g/mol. The van der Waals surface area contributed by atoms with Crippen molar-refractivity contribution < 1.29 is 52.4 Å². The van der Waals surface area contributed by atoms with Crippen LogP contribution in [0.25, 0.3) is 10.4 Å². The van der Waals surface area contributed by atoms with Crippen LogP contribution in [0.2, 0.25) is 0 Å². The van der Waals surface area contributed by atoms with Crippen molar-refractivity contribution in [1.82, 2.24) is 9.80 Å². The van der Waals surface area contributed by atoms with Crippen molar-refractivity contribution in [2.45, 2.75) is 147 Å². The van der Waals surface area contributed by atoms with Crippen LogP contribution in [0.1, 0.15) is 87.5 Å². The molecule has 7 unspecified atom stereocenters. The summed E-state index contributed by atoms with van der Waals surface area (Å²) in [6.07, 6.45) is -4.59. The molecule has 3 heterocycles. The number of likely N-dealkylation sites (N-methyl/N-ethyl adjacent to an activating group) is 1. The number of methoxy groups -OCH3 is 1. The third kappa shape index (κ3) is 8.68. The molecule has 13 atom stereocenters. The van der Waals surface area contributed by atoms with E-state index in [0.29, 0.717) is 19.3 Å². The molecular formula is C35H58FN5O10. The molecule has 16 heteroatoms. The van der Waals surface area contributed by atoms with Gasteiger partial charge in [0.15, 0.2) is 17.7 Å². The van der Waals surface area contributed by atoms with E-state index < -0.39 is 83.1 Å². The molecule has 0 aromatic heterocycles. The smallest absolute Gasteiger partial charge is 0.410 e. The zero-order chi connectivity index (χ0) is 38.6. The van der Waals surface area contributed by atoms with E-state index in [1.54, 1.807) is 34.6 Å². The van der Waals surface area contributed by atoms with Crippen LogP contribution in [0.15, 0.2) is 5.11 Å². The number of ketones is 2. The number of hydrogen-bond acceptors (Lipinski definition) is 12. The van der Waals surface area contributed by atoms with Gasteiger partial charge in [-0.25, -0.2) is 14.0 Å². The van der Waals surface area contributed by atoms with Crippen LogP contribution in [0.3, 0.4) is 0 Å². The average Bonchev–Trinajstić information content (AvgIpc) is 3.33. The predicted octanol–water partition coefficient (Wildman–Crippen LogP) is 4.37. The van der Waals surface area contributed by atoms with Crippen molar-refractivity contribution in [3.63, 3.8) is 0 Å². The molecule has 3 fully saturated rings. The lowest BCUT2D eigenvalue weighted by molar-refractivity contribution is -0.295. The van der Waals surface area contributed by atoms with E-state index in [9.17, 15) is 24.3 Å². The molecule has 51 heavy (non-hydrogen) atoms. The number of amides is 1. The van der Waals surface area contributed by atoms with E-state index >= 15 is 4.39 Å². The molecule has 0 spiro atoms. The number of Topliss-reactive ketones (excluding diaryl/α,β-unsaturated/α-hetero) is 2. The molecule has 1 amide bonds. The number of carbonyl (C=O) groups excluding carboxylic acids is 4. The quantitative estimate of drug-likeness (QED) is 0.0840. The SMILES string of the molecule is CCC1OC(=O)[C@@](C)(F)C(=O)C(C)[C@@H](OC2OC(C)CC(N(C)C)C2O)[C@@](C)(OC)C[C@@H](C)C(=O)[C@H](C)C2N(CCCCN=[N+]=[N-])C(=O)O[C@]12C. The molecule has 0 aromatic carbocycles. The van der Waals surface area contributed by atoms with Gasteiger partial charge in [0.05, 0.1) is 23.9 Å². The standard InChI is InChI=1S/C35H58FN5O10/c1-12-24-35(8)27(41(32(46)51-35)16-14-13-15-38-39-37)21(4)25(42)19(2)18-33(6,47-11)29(22(5)28(44)34(7,36)31(45)49-24)50-30-26(43)23(40(9)10)17-20(3)48-30/h19-24,26-27,29-30,43H,12-18H2,1-11H3/t19-,20?,21+,22?,23?,24?,26?,27?,29-,30?,33+,34+,35-/m1/s1. The van der Waals surface area contributed by atoms with Gasteiger partial charge < -0.3 is 38.6 Å². The third-order valence-electron chi connectivity index (χ3n) is 11.2. The first-order valence-electron chi connectivity index (χ1n) is 17.9. The number of aliphatic hydroxyl groups is 1. The van der Waals surface area contributed by atoms with Crippen LogP contribution in [0.5, 0.6) is 0 Å². The minimum Gasteiger partial charge on any atom is -0.455 e. The maximum atomic E-state index is 16.7. The van der Waals surface area contributed by atoms with E-state index in [4.69, 9.17) is 29.2 Å². The predicted molar refractivity (Wildman–Crippen MR) is 183 cm³/mol. The largest absolute Gasteiger partial charge is 0.455 e. The topological polar surface area (TPSA) is 190 Å². The number of rotatable bonds is 10. The summed E-state index contributed by atoms with van der Waals surface area (Å²) in [6.45, 7) is 12.7. The first-order chi connectivity index (χ1) is 23.7. The number of carbonyl (C=O) groups is 4. The Bertz CT molecular complexity index is 1330. The highest BCUT2D eigenvalue weighted by molar-refractivity contribution is 6.08. The Morgan fingerprint density at radius 1 is 1.10 bits per heavy atom. The summed E-state index contributed by atoms with van der Waals surface area (Å²) in [4.78, 5) is 61.7. The first kappa shape index (κ1) is 42.5. The molecule has 0 saturated carbocycles. The normalized spacial score (nSPS) is 41.4. The van der Waals surface area contributed by atoms with Crippen LogP contribution in [0, 0.1) is 17.8 Å². The Hall–Kier alpha value is -2.88. The summed E-state index contributed by atoms with van der Waals surface area (Å²) in [6, 6.07) is -1.31. The molecule has 0 aliphatic carbocycles. The van der Waals surface area contributed by atoms with Crippen molar-refractivity contribution >= 4 is 23.6 Å². The maximum absolute atomic E-state index is 16.7. The van der Waals surface area contributed by atoms with Crippen molar-refractivity contribution in [2.75, 3.05) is 34.3 Å². The van der Waals surface area contributed by atoms with Crippen LogP contribution < -0.4 is 0 Å². The van der Waals surface area contributed by atoms with Crippen LogP contribution >= 0.6 is 0 Å². The maximum Gasteiger partial charge on any atom is 0.410 e. The fourth-order valence-electron chi connectivity index (χ4n) is 8.22. The summed E-state index contributed by atoms with van der Waals surface area (Å²) in [7, 11) is 5.01. The molecule has 1 N–H and O–H groups in total. The number of hydrogen-bond donors (Lipinski definition) is 1. The number of cyclic esters (lactones) is 1. The lowest BCUT2D eigenvalue weighted by Crippen LogP contribution is -2.61. The minimum atomic E-state index is -3.18. The Morgan fingerprint density at radius 3 is 2.31 bits per heavy atom. The summed E-state index contributed by atoms with van der Waals surface area (Å²) >= 11 is 0. The van der Waals surface area contributed by atoms with Gasteiger partial charge >= 0.3 is 12.1 Å². The summed E-state index contributed by atoms with van der Waals surface area (Å²) < 4.78 is 46.8. The monoisotopic (exact) mass is 727 g/mol. The van der Waals surface area contributed by atoms with Crippen LogP contribution in [-0.4, -0.2) is 132 Å². The van der Waals surface area contributed by atoms with Crippen LogP contribution in [-0.2, 0) is 38.1 Å². The van der Waals surface area contributed by atoms with E-state index in [1.165, 1.54) is 18.9 Å². The zero-order valence-corrected chi connectivity index (χ0v) is 32.0. The summed E-state index contributed by atoms with van der Waals surface area (Å²) in [5, 5.41) is 14.9. The molecule has 3 rings (SSSR count). The first-order valence-corrected chi connectivity index (χ1v) is 17.9. The second-order valence-corrected chi connectivity index (χ2v) is 15.3. The second kappa shape index (κ2) is 16.9. The van der Waals surface area contributed by atoms with Gasteiger partial charge in [-0.1, -0.05) is 32.8 Å². The van der Waals surface area contributed by atoms with Gasteiger partial charge in [0, 0.05) is 48.9 Å². The number of alkyl halides is 1. The highest BCUT2D eigenvalue weighted by Crippen LogP contribution is 2.43. The van der Waals surface area contributed by atoms with E-state index in [-0.39, 0.29) is 43.9 Å². The zero-order valence-electron chi connectivity index (χ0n) is 32.0. The number of halogens is 1. The Labute approximate surface area is 300 Å². The number of ether oxygens (including phenoxy) is 5. The number of unbranched alkanes of at least 4 members (excludes halogenated alkanes) is 1. The molecule has 15 nitrogen and oxygen atoms in total. The number of esters is 1. The molecule has 3 saturated heterocycles. The number of aliphatic hydroxyl groups excluding tert-OH is 1. The summed E-state index contributed by atoms with van der Waals surface area (Å²) in [5.41, 5.74) is 2.42. The lowest BCUT2D eigenvalue weighted by atomic mass is 9.73. The van der Waals surface area contributed by atoms with Crippen molar-refractivity contribution in [1.29, 1.82) is 0 Å². The van der Waals surface area contributed by atoms with Gasteiger partial charge in [0.25, 0.3) is 5.67 Å². The van der Waals surface area contributed by atoms with Gasteiger partial charge in [-0.15, -0.1) is 0 Å². The van der Waals surface area contributed by atoms with Crippen molar-refractivity contribution in [3.8, 4) is 0 Å². The van der Waals surface area contributed by atoms with Gasteiger partial charge in [0.1, 0.15) is 18.0 Å². The van der Waals surface area contributed by atoms with Gasteiger partial charge in [-0.3, -0.25) is 9.59 Å². The van der Waals surface area contributed by atoms with Gasteiger partial charge in [-0.05, 0) is 79.4 Å². The Kier molecular flexibility index (Phi) is 14.1. The Balaban J connectivity index is 2.15. The summed E-state index contributed by atoms with van der Waals surface area (Å²) in [5.74, 6) is -5.88. The fourth-order valence-corrected chi connectivity index (χ4v) is 8.22. The molecule has 0 aromatic rings.